The van der Waals surface area contributed by atoms with Gasteiger partial charge in [-0.05, 0) is 118 Å². The van der Waals surface area contributed by atoms with E-state index in [4.69, 9.17) is 0 Å². The van der Waals surface area contributed by atoms with E-state index >= 15 is 0 Å². The zero-order chi connectivity index (χ0) is 38.0. The van der Waals surface area contributed by atoms with Crippen molar-refractivity contribution in [3.63, 3.8) is 0 Å². The van der Waals surface area contributed by atoms with E-state index in [9.17, 15) is 0 Å². The molecule has 2 unspecified atom stereocenters. The molecule has 0 fully saturated rings. The first-order chi connectivity index (χ1) is 27.2. The third-order valence-electron chi connectivity index (χ3n) is 13.8. The van der Waals surface area contributed by atoms with Crippen molar-refractivity contribution in [3.8, 4) is 0 Å². The van der Waals surface area contributed by atoms with Crippen LogP contribution in [-0.4, -0.2) is 6.71 Å². The summed E-state index contributed by atoms with van der Waals surface area (Å²) in [6.07, 6.45) is 2.16. The second kappa shape index (κ2) is 11.8. The molecule has 272 valence electrons. The molecule has 4 heteroatoms. The average Bonchev–Trinajstić information content (AvgIpc) is 3.44. The highest BCUT2D eigenvalue weighted by Gasteiger charge is 2.60. The Bertz CT molecular complexity index is 2590. The van der Waals surface area contributed by atoms with Gasteiger partial charge in [-0.1, -0.05) is 137 Å². The Morgan fingerprint density at radius 3 is 1.62 bits per heavy atom. The summed E-state index contributed by atoms with van der Waals surface area (Å²) in [5.74, 6) is 0. The molecule has 0 aromatic heterocycles. The minimum Gasteiger partial charge on any atom is -0.330 e. The summed E-state index contributed by atoms with van der Waals surface area (Å²) in [7, 11) is 0. The molecule has 0 saturated heterocycles. The van der Waals surface area contributed by atoms with Crippen molar-refractivity contribution in [2.45, 2.75) is 63.8 Å². The Balaban J connectivity index is 1.27. The molecule has 0 bridgehead atoms. The topological polar surface area (TPSA) is 9.72 Å². The van der Waals surface area contributed by atoms with Crippen LogP contribution in [0.15, 0.2) is 164 Å². The van der Waals surface area contributed by atoms with Gasteiger partial charge in [0.15, 0.2) is 0 Å². The van der Waals surface area contributed by atoms with Crippen LogP contribution in [-0.2, 0) is 22.8 Å². The van der Waals surface area contributed by atoms with E-state index < -0.39 is 0 Å². The standard InChI is InChI=1S/C52H46BN3/c1-50(2,3)36-28-29-44-41(32-36)51(4)31-30-35-18-12-13-23-40(35)52(51,5)56(44)39-33-47-49-48(34-39)55(38-21-10-7-11-22-38)46-27-17-15-25-43(46)53(49)42-24-14-16-26-45(42)54(47)37-19-8-6-9-20-37/h6-29,32-34H,30-31H2,1-5H3. The number of hydrogen-bond donors (Lipinski definition) is 0. The van der Waals surface area contributed by atoms with Crippen molar-refractivity contribution in [1.82, 2.24) is 0 Å². The molecule has 4 aliphatic rings. The zero-order valence-corrected chi connectivity index (χ0v) is 32.9. The number of aryl methyl sites for hydroxylation is 1. The number of nitrogens with zero attached hydrogens (tertiary/aromatic N) is 3. The first kappa shape index (κ1) is 33.4. The molecule has 0 radical (unpaired) electrons. The highest BCUT2D eigenvalue weighted by molar-refractivity contribution is 7.00. The minimum absolute atomic E-state index is 0.0416. The zero-order valence-electron chi connectivity index (χ0n) is 32.9. The molecule has 7 aromatic carbocycles. The van der Waals surface area contributed by atoms with Crippen LogP contribution in [0.4, 0.5) is 45.5 Å². The molecule has 11 rings (SSSR count). The highest BCUT2D eigenvalue weighted by Crippen LogP contribution is 2.64. The van der Waals surface area contributed by atoms with E-state index in [1.54, 1.807) is 0 Å². The summed E-state index contributed by atoms with van der Waals surface area (Å²) in [4.78, 5) is 7.80. The molecule has 7 aromatic rings. The first-order valence-corrected chi connectivity index (χ1v) is 20.3. The molecule has 0 N–H and O–H groups in total. The predicted octanol–water partition coefficient (Wildman–Crippen LogP) is 11.3. The van der Waals surface area contributed by atoms with Gasteiger partial charge in [0.2, 0.25) is 0 Å². The lowest BCUT2D eigenvalue weighted by atomic mass is 9.33. The van der Waals surface area contributed by atoms with Crippen LogP contribution in [0.2, 0.25) is 0 Å². The second-order valence-electron chi connectivity index (χ2n) is 17.7. The van der Waals surface area contributed by atoms with Crippen molar-refractivity contribution in [2.75, 3.05) is 14.7 Å². The van der Waals surface area contributed by atoms with Crippen molar-refractivity contribution < 1.29 is 0 Å². The van der Waals surface area contributed by atoms with E-state index in [0.29, 0.717) is 0 Å². The molecular weight excluding hydrogens is 677 g/mol. The van der Waals surface area contributed by atoms with Crippen LogP contribution < -0.4 is 31.1 Å². The van der Waals surface area contributed by atoms with E-state index in [-0.39, 0.29) is 23.1 Å². The van der Waals surface area contributed by atoms with Gasteiger partial charge in [-0.2, -0.15) is 0 Å². The van der Waals surface area contributed by atoms with E-state index in [0.717, 1.165) is 12.8 Å². The number of anilines is 8. The maximum Gasteiger partial charge on any atom is 0.252 e. The fourth-order valence-electron chi connectivity index (χ4n) is 10.9. The molecule has 3 aliphatic heterocycles. The van der Waals surface area contributed by atoms with Gasteiger partial charge in [0.25, 0.3) is 6.71 Å². The van der Waals surface area contributed by atoms with Crippen LogP contribution in [0, 0.1) is 0 Å². The lowest BCUT2D eigenvalue weighted by molar-refractivity contribution is 0.245. The maximum atomic E-state index is 2.74. The number of fused-ring (bicyclic) bond motifs is 9. The van der Waals surface area contributed by atoms with Gasteiger partial charge >= 0.3 is 0 Å². The van der Waals surface area contributed by atoms with Crippen LogP contribution >= 0.6 is 0 Å². The number of benzene rings is 7. The van der Waals surface area contributed by atoms with Gasteiger partial charge in [0.1, 0.15) is 0 Å². The Kier molecular flexibility index (Phi) is 7.00. The predicted molar refractivity (Wildman–Crippen MR) is 237 cm³/mol. The maximum absolute atomic E-state index is 2.74. The molecule has 0 spiro atoms. The Labute approximate surface area is 332 Å². The van der Waals surface area contributed by atoms with Gasteiger partial charge in [-0.3, -0.25) is 0 Å². The Hall–Kier alpha value is -6.00. The molecule has 2 atom stereocenters. The third-order valence-corrected chi connectivity index (χ3v) is 13.8. The molecule has 0 amide bonds. The highest BCUT2D eigenvalue weighted by atomic mass is 15.3. The average molecular weight is 724 g/mol. The Morgan fingerprint density at radius 1 is 0.500 bits per heavy atom. The summed E-state index contributed by atoms with van der Waals surface area (Å²) in [5, 5.41) is 0. The fourth-order valence-corrected chi connectivity index (χ4v) is 10.9. The van der Waals surface area contributed by atoms with Crippen LogP contribution in [0.1, 0.15) is 63.3 Å². The molecular formula is C52H46BN3. The largest absolute Gasteiger partial charge is 0.330 e. The third kappa shape index (κ3) is 4.41. The number of hydrogen-bond acceptors (Lipinski definition) is 3. The molecule has 56 heavy (non-hydrogen) atoms. The lowest BCUT2D eigenvalue weighted by Crippen LogP contribution is -2.61. The van der Waals surface area contributed by atoms with Crippen molar-refractivity contribution in [2.24, 2.45) is 0 Å². The van der Waals surface area contributed by atoms with Crippen molar-refractivity contribution >= 4 is 68.6 Å². The van der Waals surface area contributed by atoms with Crippen LogP contribution in [0.5, 0.6) is 0 Å². The number of rotatable bonds is 3. The lowest BCUT2D eigenvalue weighted by Gasteiger charge is -2.52. The minimum atomic E-state index is -0.338. The first-order valence-electron chi connectivity index (χ1n) is 20.3. The van der Waals surface area contributed by atoms with Crippen LogP contribution in [0.3, 0.4) is 0 Å². The normalized spacial score (nSPS) is 20.1. The SMILES string of the molecule is CC(C)(C)c1ccc2c(c1)C1(C)CCc3ccccc3C1(C)N2c1cc2c3c(c1)N(c1ccccc1)c1ccccc1B3c1ccccc1N2c1ccccc1. The van der Waals surface area contributed by atoms with Crippen molar-refractivity contribution in [3.05, 3.63) is 186 Å². The van der Waals surface area contributed by atoms with Gasteiger partial charge in [0.05, 0.1) is 5.54 Å². The Morgan fingerprint density at radius 2 is 1.04 bits per heavy atom. The van der Waals surface area contributed by atoms with Crippen LogP contribution in [0.25, 0.3) is 0 Å². The molecule has 1 aliphatic carbocycles. The van der Waals surface area contributed by atoms with E-state index in [2.05, 4.69) is 213 Å². The van der Waals surface area contributed by atoms with Gasteiger partial charge in [-0.25, -0.2) is 0 Å². The molecule has 3 nitrogen and oxygen atoms in total. The summed E-state index contributed by atoms with van der Waals surface area (Å²) >= 11 is 0. The van der Waals surface area contributed by atoms with Gasteiger partial charge < -0.3 is 14.7 Å². The summed E-state index contributed by atoms with van der Waals surface area (Å²) in [5.41, 5.74) is 19.1. The monoisotopic (exact) mass is 723 g/mol. The van der Waals surface area contributed by atoms with E-state index in [1.165, 1.54) is 84.1 Å². The summed E-state index contributed by atoms with van der Waals surface area (Å²) in [6, 6.07) is 61.8. The fraction of sp³-hybridized carbons (Fsp3) is 0.192. The second-order valence-corrected chi connectivity index (χ2v) is 17.7. The number of para-hydroxylation sites is 4. The van der Waals surface area contributed by atoms with Gasteiger partial charge in [-0.15, -0.1) is 0 Å². The quantitative estimate of drug-likeness (QED) is 0.168. The molecule has 0 saturated carbocycles. The van der Waals surface area contributed by atoms with E-state index in [1.807, 2.05) is 0 Å². The smallest absolute Gasteiger partial charge is 0.252 e. The van der Waals surface area contributed by atoms with Gasteiger partial charge in [0, 0.05) is 50.9 Å². The summed E-state index contributed by atoms with van der Waals surface area (Å²) in [6.45, 7) is 12.2. The van der Waals surface area contributed by atoms with Crippen molar-refractivity contribution in [1.29, 1.82) is 0 Å². The molecule has 3 heterocycles. The summed E-state index contributed by atoms with van der Waals surface area (Å²) < 4.78 is 0.